The third kappa shape index (κ3) is 2.70. The average molecular weight is 366 g/mol. The van der Waals surface area contributed by atoms with Crippen molar-refractivity contribution >= 4 is 22.6 Å². The SMILES string of the molecule is CCn1c(=O)c(-c2ccc(-c3ccoc3)cc2Cl)cc2cnc(C)nc21. The number of nitrogens with zero attached hydrogens (tertiary/aromatic N) is 3. The summed E-state index contributed by atoms with van der Waals surface area (Å²) in [5.41, 5.74) is 3.62. The van der Waals surface area contributed by atoms with Crippen LogP contribution in [0.1, 0.15) is 12.7 Å². The van der Waals surface area contributed by atoms with Gasteiger partial charge in [-0.1, -0.05) is 23.7 Å². The van der Waals surface area contributed by atoms with Crippen molar-refractivity contribution in [3.8, 4) is 22.3 Å². The Hall–Kier alpha value is -2.92. The third-order valence-corrected chi connectivity index (χ3v) is 4.69. The lowest BCUT2D eigenvalue weighted by atomic mass is 10.0. The minimum atomic E-state index is -0.115. The highest BCUT2D eigenvalue weighted by Crippen LogP contribution is 2.32. The molecule has 0 aliphatic carbocycles. The molecular formula is C20H16ClN3O2. The Kier molecular flexibility index (Phi) is 4.09. The minimum Gasteiger partial charge on any atom is -0.472 e. The van der Waals surface area contributed by atoms with Gasteiger partial charge >= 0.3 is 0 Å². The Morgan fingerprint density at radius 1 is 1.15 bits per heavy atom. The van der Waals surface area contributed by atoms with Gasteiger partial charge in [-0.3, -0.25) is 9.36 Å². The van der Waals surface area contributed by atoms with E-state index in [1.165, 1.54) is 0 Å². The normalized spacial score (nSPS) is 11.2. The van der Waals surface area contributed by atoms with Crippen molar-refractivity contribution in [2.24, 2.45) is 0 Å². The van der Waals surface area contributed by atoms with Gasteiger partial charge in [0.05, 0.1) is 12.5 Å². The summed E-state index contributed by atoms with van der Waals surface area (Å²) in [7, 11) is 0. The first-order chi connectivity index (χ1) is 12.6. The second kappa shape index (κ2) is 6.42. The molecule has 5 nitrogen and oxygen atoms in total. The summed E-state index contributed by atoms with van der Waals surface area (Å²) in [6.45, 7) is 4.25. The number of pyridine rings is 1. The van der Waals surface area contributed by atoms with Crippen LogP contribution in [0.15, 0.2) is 58.3 Å². The summed E-state index contributed by atoms with van der Waals surface area (Å²) in [6.07, 6.45) is 5.01. The van der Waals surface area contributed by atoms with E-state index in [1.54, 1.807) is 23.3 Å². The van der Waals surface area contributed by atoms with Gasteiger partial charge in [0.15, 0.2) is 0 Å². The lowest BCUT2D eigenvalue weighted by molar-refractivity contribution is 0.568. The molecule has 0 unspecified atom stereocenters. The summed E-state index contributed by atoms with van der Waals surface area (Å²) in [5.74, 6) is 0.634. The van der Waals surface area contributed by atoms with Gasteiger partial charge in [0, 0.05) is 39.8 Å². The van der Waals surface area contributed by atoms with Crippen LogP contribution in [0, 0.1) is 6.92 Å². The molecule has 3 heterocycles. The van der Waals surface area contributed by atoms with Gasteiger partial charge in [0.25, 0.3) is 5.56 Å². The molecule has 6 heteroatoms. The van der Waals surface area contributed by atoms with E-state index in [9.17, 15) is 4.79 Å². The average Bonchev–Trinajstić information content (AvgIpc) is 3.16. The van der Waals surface area contributed by atoms with Gasteiger partial charge in [-0.05, 0) is 37.6 Å². The quantitative estimate of drug-likeness (QED) is 0.528. The number of aromatic nitrogens is 3. The van der Waals surface area contributed by atoms with E-state index >= 15 is 0 Å². The van der Waals surface area contributed by atoms with Gasteiger partial charge in [-0.25, -0.2) is 9.97 Å². The lowest BCUT2D eigenvalue weighted by Gasteiger charge is -2.12. The maximum Gasteiger partial charge on any atom is 0.260 e. The molecular weight excluding hydrogens is 350 g/mol. The van der Waals surface area contributed by atoms with Crippen molar-refractivity contribution in [1.29, 1.82) is 0 Å². The number of furan rings is 1. The second-order valence-electron chi connectivity index (χ2n) is 6.01. The molecule has 0 atom stereocenters. The summed E-state index contributed by atoms with van der Waals surface area (Å²) >= 11 is 6.51. The molecule has 0 spiro atoms. The smallest absolute Gasteiger partial charge is 0.260 e. The Bertz CT molecular complexity index is 1160. The Morgan fingerprint density at radius 3 is 2.69 bits per heavy atom. The molecule has 3 aromatic heterocycles. The maximum absolute atomic E-state index is 13.0. The maximum atomic E-state index is 13.0. The molecule has 4 rings (SSSR count). The summed E-state index contributed by atoms with van der Waals surface area (Å²) < 4.78 is 6.77. The molecule has 1 aromatic carbocycles. The van der Waals surface area contributed by atoms with Gasteiger partial charge in [0.1, 0.15) is 11.5 Å². The van der Waals surface area contributed by atoms with Gasteiger partial charge in [0.2, 0.25) is 0 Å². The largest absolute Gasteiger partial charge is 0.472 e. The second-order valence-corrected chi connectivity index (χ2v) is 6.42. The lowest BCUT2D eigenvalue weighted by Crippen LogP contribution is -2.22. The predicted octanol–water partition coefficient (Wildman–Crippen LogP) is 4.70. The van der Waals surface area contributed by atoms with Crippen LogP contribution in [0.4, 0.5) is 0 Å². The summed E-state index contributed by atoms with van der Waals surface area (Å²) in [5, 5.41) is 1.32. The topological polar surface area (TPSA) is 60.9 Å². The van der Waals surface area contributed by atoms with Crippen molar-refractivity contribution in [2.45, 2.75) is 20.4 Å². The molecule has 130 valence electrons. The zero-order valence-electron chi connectivity index (χ0n) is 14.4. The van der Waals surface area contributed by atoms with E-state index in [1.807, 2.05) is 44.2 Å². The van der Waals surface area contributed by atoms with E-state index in [4.69, 9.17) is 16.0 Å². The number of rotatable bonds is 3. The van der Waals surface area contributed by atoms with Crippen LogP contribution in [0.5, 0.6) is 0 Å². The van der Waals surface area contributed by atoms with Gasteiger partial charge in [-0.2, -0.15) is 0 Å². The van der Waals surface area contributed by atoms with E-state index in [2.05, 4.69) is 9.97 Å². The highest BCUT2D eigenvalue weighted by Gasteiger charge is 2.15. The first kappa shape index (κ1) is 16.5. The van der Waals surface area contributed by atoms with Crippen LogP contribution in [0.25, 0.3) is 33.3 Å². The number of aryl methyl sites for hydroxylation is 2. The van der Waals surface area contributed by atoms with Gasteiger partial charge in [-0.15, -0.1) is 0 Å². The van der Waals surface area contributed by atoms with Crippen molar-refractivity contribution < 1.29 is 4.42 Å². The van der Waals surface area contributed by atoms with Crippen LogP contribution in [0.2, 0.25) is 5.02 Å². The fourth-order valence-corrected chi connectivity index (χ4v) is 3.35. The Balaban J connectivity index is 1.93. The summed E-state index contributed by atoms with van der Waals surface area (Å²) in [6, 6.07) is 9.31. The monoisotopic (exact) mass is 365 g/mol. The standard InChI is InChI=1S/C20H16ClN3O2/c1-3-24-19-15(10-22-12(2)23-19)8-17(20(24)25)16-5-4-13(9-18(16)21)14-6-7-26-11-14/h4-11H,3H2,1-2H3. The number of hydrogen-bond donors (Lipinski definition) is 0. The van der Waals surface area contributed by atoms with Crippen LogP contribution in [0.3, 0.4) is 0 Å². The van der Waals surface area contributed by atoms with Crippen molar-refractivity contribution in [1.82, 2.24) is 14.5 Å². The van der Waals surface area contributed by atoms with E-state index < -0.39 is 0 Å². The molecule has 0 aliphatic rings. The molecule has 0 saturated heterocycles. The van der Waals surface area contributed by atoms with Crippen LogP contribution in [-0.2, 0) is 6.54 Å². The van der Waals surface area contributed by atoms with Crippen LogP contribution in [-0.4, -0.2) is 14.5 Å². The van der Waals surface area contributed by atoms with Crippen molar-refractivity contribution in [3.63, 3.8) is 0 Å². The molecule has 0 amide bonds. The number of halogens is 1. The van der Waals surface area contributed by atoms with Crippen molar-refractivity contribution in [2.75, 3.05) is 0 Å². The molecule has 26 heavy (non-hydrogen) atoms. The minimum absolute atomic E-state index is 0.115. The fourth-order valence-electron chi connectivity index (χ4n) is 3.07. The molecule has 0 aliphatic heterocycles. The third-order valence-electron chi connectivity index (χ3n) is 4.38. The first-order valence-electron chi connectivity index (χ1n) is 8.28. The molecule has 4 aromatic rings. The fraction of sp³-hybridized carbons (Fsp3) is 0.150. The highest BCUT2D eigenvalue weighted by molar-refractivity contribution is 6.33. The highest BCUT2D eigenvalue weighted by atomic mass is 35.5. The summed E-state index contributed by atoms with van der Waals surface area (Å²) in [4.78, 5) is 21.7. The van der Waals surface area contributed by atoms with E-state index in [0.717, 1.165) is 16.5 Å². The molecule has 0 N–H and O–H groups in total. The van der Waals surface area contributed by atoms with E-state index in [0.29, 0.717) is 34.2 Å². The molecule has 0 saturated carbocycles. The first-order valence-corrected chi connectivity index (χ1v) is 8.66. The van der Waals surface area contributed by atoms with Crippen LogP contribution >= 0.6 is 11.6 Å². The van der Waals surface area contributed by atoms with Crippen LogP contribution < -0.4 is 5.56 Å². The van der Waals surface area contributed by atoms with Gasteiger partial charge < -0.3 is 4.42 Å². The number of fused-ring (bicyclic) bond motifs is 1. The zero-order chi connectivity index (χ0) is 18.3. The zero-order valence-corrected chi connectivity index (χ0v) is 15.1. The van der Waals surface area contributed by atoms with Crippen molar-refractivity contribution in [3.05, 3.63) is 70.3 Å². The molecule has 0 fully saturated rings. The molecule has 0 bridgehead atoms. The van der Waals surface area contributed by atoms with E-state index in [-0.39, 0.29) is 5.56 Å². The Morgan fingerprint density at radius 2 is 2.00 bits per heavy atom. The Labute approximate surface area is 154 Å². The molecule has 0 radical (unpaired) electrons. The predicted molar refractivity (Wildman–Crippen MR) is 102 cm³/mol. The number of hydrogen-bond acceptors (Lipinski definition) is 4. The number of benzene rings is 1.